The van der Waals surface area contributed by atoms with Crippen LogP contribution in [-0.4, -0.2) is 35.7 Å². The van der Waals surface area contributed by atoms with Gasteiger partial charge < -0.3 is 21.5 Å². The highest BCUT2D eigenvalue weighted by Crippen LogP contribution is 2.09. The highest BCUT2D eigenvalue weighted by atomic mass is 16.3. The van der Waals surface area contributed by atoms with Crippen molar-refractivity contribution >= 4 is 17.4 Å². The Morgan fingerprint density at radius 2 is 2.29 bits per heavy atom. The Bertz CT molecular complexity index is 340. The van der Waals surface area contributed by atoms with Gasteiger partial charge in [0.25, 0.3) is 0 Å². The zero-order chi connectivity index (χ0) is 12.5. The van der Waals surface area contributed by atoms with Crippen LogP contribution in [0.2, 0.25) is 0 Å². The Morgan fingerprint density at radius 1 is 1.47 bits per heavy atom. The van der Waals surface area contributed by atoms with E-state index in [0.717, 1.165) is 5.69 Å². The smallest absolute Gasteiger partial charge is 0.226 e. The van der Waals surface area contributed by atoms with Crippen LogP contribution in [0.3, 0.4) is 0 Å². The molecule has 94 valence electrons. The van der Waals surface area contributed by atoms with Crippen molar-refractivity contribution in [3.63, 3.8) is 0 Å². The van der Waals surface area contributed by atoms with Gasteiger partial charge >= 0.3 is 0 Å². The summed E-state index contributed by atoms with van der Waals surface area (Å²) in [5.41, 5.74) is 6.12. The van der Waals surface area contributed by atoms with Gasteiger partial charge in [-0.25, -0.2) is 4.98 Å². The first kappa shape index (κ1) is 13.4. The summed E-state index contributed by atoms with van der Waals surface area (Å²) in [7, 11) is 0. The molecule has 1 amide bonds. The molecule has 1 aromatic heterocycles. The van der Waals surface area contributed by atoms with Gasteiger partial charge in [0.1, 0.15) is 5.82 Å². The van der Waals surface area contributed by atoms with E-state index in [2.05, 4.69) is 15.6 Å². The molecule has 0 aliphatic rings. The van der Waals surface area contributed by atoms with Crippen molar-refractivity contribution in [1.29, 1.82) is 0 Å². The second-order valence-electron chi connectivity index (χ2n) is 3.52. The first-order valence-corrected chi connectivity index (χ1v) is 5.57. The fraction of sp³-hybridized carbons (Fsp3) is 0.455. The fourth-order valence-corrected chi connectivity index (χ4v) is 1.22. The molecule has 0 aliphatic heterocycles. The van der Waals surface area contributed by atoms with Gasteiger partial charge in [0.05, 0.1) is 11.9 Å². The van der Waals surface area contributed by atoms with E-state index in [9.17, 15) is 4.79 Å². The third-order valence-electron chi connectivity index (χ3n) is 2.07. The van der Waals surface area contributed by atoms with E-state index in [1.54, 1.807) is 12.3 Å². The molecule has 0 unspecified atom stereocenters. The van der Waals surface area contributed by atoms with Crippen LogP contribution in [0, 0.1) is 0 Å². The van der Waals surface area contributed by atoms with E-state index in [0.29, 0.717) is 25.3 Å². The Balaban J connectivity index is 2.41. The Morgan fingerprint density at radius 3 is 2.88 bits per heavy atom. The first-order valence-electron chi connectivity index (χ1n) is 5.57. The standard InChI is InChI=1S/C11H18N4O2/c12-5-4-11(17)15-10-3-2-9(8-14-10)13-6-1-7-16/h2-3,8,13,16H,1,4-7,12H2,(H,14,15,17). The molecule has 0 saturated heterocycles. The number of hydrogen-bond donors (Lipinski definition) is 4. The van der Waals surface area contributed by atoms with Gasteiger partial charge in [0.15, 0.2) is 0 Å². The molecule has 5 N–H and O–H groups in total. The molecule has 6 heteroatoms. The van der Waals surface area contributed by atoms with Gasteiger partial charge in [0.2, 0.25) is 5.91 Å². The molecule has 1 heterocycles. The van der Waals surface area contributed by atoms with Crippen molar-refractivity contribution in [2.75, 3.05) is 30.3 Å². The largest absolute Gasteiger partial charge is 0.396 e. The van der Waals surface area contributed by atoms with Crippen LogP contribution in [0.4, 0.5) is 11.5 Å². The number of nitrogens with two attached hydrogens (primary N) is 1. The molecule has 1 rings (SSSR count). The number of amides is 1. The molecule has 0 aliphatic carbocycles. The molecule has 0 radical (unpaired) electrons. The molecule has 0 atom stereocenters. The number of carbonyl (C=O) groups excluding carboxylic acids is 1. The lowest BCUT2D eigenvalue weighted by Gasteiger charge is -2.06. The average molecular weight is 238 g/mol. The highest BCUT2D eigenvalue weighted by Gasteiger charge is 2.01. The third-order valence-corrected chi connectivity index (χ3v) is 2.07. The molecule has 0 fully saturated rings. The lowest BCUT2D eigenvalue weighted by atomic mass is 10.3. The van der Waals surface area contributed by atoms with Crippen molar-refractivity contribution in [1.82, 2.24) is 4.98 Å². The summed E-state index contributed by atoms with van der Waals surface area (Å²) in [6, 6.07) is 3.54. The summed E-state index contributed by atoms with van der Waals surface area (Å²) in [5, 5.41) is 14.4. The summed E-state index contributed by atoms with van der Waals surface area (Å²) in [6.07, 6.45) is 2.61. The molecule has 0 spiro atoms. The SMILES string of the molecule is NCCC(=O)Nc1ccc(NCCCO)cn1. The molecule has 0 bridgehead atoms. The minimum Gasteiger partial charge on any atom is -0.396 e. The summed E-state index contributed by atoms with van der Waals surface area (Å²) >= 11 is 0. The zero-order valence-electron chi connectivity index (χ0n) is 9.65. The van der Waals surface area contributed by atoms with E-state index in [1.807, 2.05) is 6.07 Å². The van der Waals surface area contributed by atoms with Gasteiger partial charge in [-0.05, 0) is 18.6 Å². The number of rotatable bonds is 7. The Labute approximate surface area is 100 Å². The predicted molar refractivity (Wildman–Crippen MR) is 66.7 cm³/mol. The van der Waals surface area contributed by atoms with Crippen molar-refractivity contribution in [3.8, 4) is 0 Å². The van der Waals surface area contributed by atoms with Crippen LogP contribution >= 0.6 is 0 Å². The van der Waals surface area contributed by atoms with Crippen molar-refractivity contribution < 1.29 is 9.90 Å². The third kappa shape index (κ3) is 5.28. The Kier molecular flexibility index (Phi) is 5.98. The Hall–Kier alpha value is -1.66. The monoisotopic (exact) mass is 238 g/mol. The van der Waals surface area contributed by atoms with Gasteiger partial charge in [-0.1, -0.05) is 0 Å². The number of nitrogens with one attached hydrogen (secondary N) is 2. The van der Waals surface area contributed by atoms with Gasteiger partial charge in [-0.2, -0.15) is 0 Å². The lowest BCUT2D eigenvalue weighted by Crippen LogP contribution is -2.16. The number of hydrogen-bond acceptors (Lipinski definition) is 5. The summed E-state index contributed by atoms with van der Waals surface area (Å²) in [5.74, 6) is 0.372. The number of aromatic nitrogens is 1. The number of anilines is 2. The van der Waals surface area contributed by atoms with Crippen LogP contribution in [0.25, 0.3) is 0 Å². The first-order chi connectivity index (χ1) is 8.26. The lowest BCUT2D eigenvalue weighted by molar-refractivity contribution is -0.116. The van der Waals surface area contributed by atoms with Crippen LogP contribution < -0.4 is 16.4 Å². The van der Waals surface area contributed by atoms with Crippen molar-refractivity contribution in [3.05, 3.63) is 18.3 Å². The van der Waals surface area contributed by atoms with Crippen molar-refractivity contribution in [2.24, 2.45) is 5.73 Å². The molecule has 1 aromatic rings. The molecule has 17 heavy (non-hydrogen) atoms. The normalized spacial score (nSPS) is 10.0. The number of aliphatic hydroxyl groups is 1. The summed E-state index contributed by atoms with van der Waals surface area (Å²) in [4.78, 5) is 15.3. The molecular weight excluding hydrogens is 220 g/mol. The minimum absolute atomic E-state index is 0.138. The van der Waals surface area contributed by atoms with E-state index in [-0.39, 0.29) is 18.9 Å². The van der Waals surface area contributed by atoms with Crippen molar-refractivity contribution in [2.45, 2.75) is 12.8 Å². The van der Waals surface area contributed by atoms with Gasteiger partial charge in [-0.3, -0.25) is 4.79 Å². The summed E-state index contributed by atoms with van der Waals surface area (Å²) < 4.78 is 0. The van der Waals surface area contributed by atoms with Crippen LogP contribution in [-0.2, 0) is 4.79 Å². The fourth-order valence-electron chi connectivity index (χ4n) is 1.22. The maximum atomic E-state index is 11.2. The topological polar surface area (TPSA) is 100 Å². The number of carbonyl (C=O) groups is 1. The molecular formula is C11H18N4O2. The summed E-state index contributed by atoms with van der Waals surface area (Å²) in [6.45, 7) is 1.18. The molecule has 6 nitrogen and oxygen atoms in total. The zero-order valence-corrected chi connectivity index (χ0v) is 9.65. The van der Waals surface area contributed by atoms with E-state index >= 15 is 0 Å². The number of pyridine rings is 1. The highest BCUT2D eigenvalue weighted by molar-refractivity contribution is 5.89. The molecule has 0 aromatic carbocycles. The minimum atomic E-state index is -0.138. The van der Waals surface area contributed by atoms with Crippen LogP contribution in [0.1, 0.15) is 12.8 Å². The van der Waals surface area contributed by atoms with Crippen LogP contribution in [0.15, 0.2) is 18.3 Å². The van der Waals surface area contributed by atoms with Crippen LogP contribution in [0.5, 0.6) is 0 Å². The predicted octanol–water partition coefficient (Wildman–Crippen LogP) is 0.163. The van der Waals surface area contributed by atoms with E-state index in [1.165, 1.54) is 0 Å². The van der Waals surface area contributed by atoms with Gasteiger partial charge in [-0.15, -0.1) is 0 Å². The average Bonchev–Trinajstić information content (AvgIpc) is 2.32. The number of nitrogens with zero attached hydrogens (tertiary/aromatic N) is 1. The quantitative estimate of drug-likeness (QED) is 0.507. The second kappa shape index (κ2) is 7.59. The van der Waals surface area contributed by atoms with Gasteiger partial charge in [0, 0.05) is 26.1 Å². The number of aliphatic hydroxyl groups excluding tert-OH is 1. The maximum Gasteiger partial charge on any atom is 0.226 e. The molecule has 0 saturated carbocycles. The van der Waals surface area contributed by atoms with E-state index in [4.69, 9.17) is 10.8 Å². The van der Waals surface area contributed by atoms with E-state index < -0.39 is 0 Å². The second-order valence-corrected chi connectivity index (χ2v) is 3.52. The maximum absolute atomic E-state index is 11.2.